The van der Waals surface area contributed by atoms with Crippen LogP contribution in [0.5, 0.6) is 5.75 Å². The van der Waals surface area contributed by atoms with Gasteiger partial charge in [-0.3, -0.25) is 0 Å². The summed E-state index contributed by atoms with van der Waals surface area (Å²) in [5, 5.41) is 0. The molecule has 4 rings (SSSR count). The first-order chi connectivity index (χ1) is 15.3. The molecule has 0 saturated carbocycles. The normalized spacial score (nSPS) is 18.8. The largest absolute Gasteiger partial charge is 0.496 e. The first-order valence-corrected chi connectivity index (χ1v) is 12.4. The van der Waals surface area contributed by atoms with Gasteiger partial charge in [0, 0.05) is 58.4 Å². The zero-order valence-corrected chi connectivity index (χ0v) is 20.1. The number of anilines is 2. The molecular formula is C22H32N6O3S. The lowest BCUT2D eigenvalue weighted by Crippen LogP contribution is -2.49. The number of methoxy groups -OCH3 is 1. The van der Waals surface area contributed by atoms with Gasteiger partial charge in [0.1, 0.15) is 23.7 Å². The summed E-state index contributed by atoms with van der Waals surface area (Å²) in [6, 6.07) is 5.52. The molecule has 0 bridgehead atoms. The van der Waals surface area contributed by atoms with Gasteiger partial charge in [0.05, 0.1) is 12.0 Å². The maximum Gasteiger partial charge on any atom is 0.243 e. The summed E-state index contributed by atoms with van der Waals surface area (Å²) in [5.74, 6) is 2.48. The van der Waals surface area contributed by atoms with Crippen LogP contribution in [0.3, 0.4) is 0 Å². The highest BCUT2D eigenvalue weighted by molar-refractivity contribution is 7.89. The van der Waals surface area contributed by atoms with Crippen LogP contribution < -0.4 is 14.5 Å². The molecule has 10 heteroatoms. The predicted octanol–water partition coefficient (Wildman–Crippen LogP) is 1.36. The van der Waals surface area contributed by atoms with Gasteiger partial charge in [-0.1, -0.05) is 0 Å². The maximum absolute atomic E-state index is 13.3. The lowest BCUT2D eigenvalue weighted by molar-refractivity contribution is 0.312. The fraction of sp³-hybridized carbons (Fsp3) is 0.545. The maximum atomic E-state index is 13.3. The summed E-state index contributed by atoms with van der Waals surface area (Å²) in [6.07, 6.45) is 1.61. The van der Waals surface area contributed by atoms with Crippen molar-refractivity contribution >= 4 is 21.7 Å². The minimum atomic E-state index is -3.57. The van der Waals surface area contributed by atoms with Crippen LogP contribution in [0.4, 0.5) is 11.6 Å². The summed E-state index contributed by atoms with van der Waals surface area (Å²) in [5.41, 5.74) is 1.51. The SMILES string of the molecule is COc1cc(C)c(S(=O)(=O)N2CCN(c3cc(N4CCN(C)CC4)ncn3)CC2)cc1C. The van der Waals surface area contributed by atoms with E-state index in [1.165, 1.54) is 0 Å². The van der Waals surface area contributed by atoms with Crippen LogP contribution in [-0.2, 0) is 10.0 Å². The van der Waals surface area contributed by atoms with Crippen LogP contribution in [0.25, 0.3) is 0 Å². The molecule has 2 fully saturated rings. The van der Waals surface area contributed by atoms with E-state index in [0.29, 0.717) is 42.4 Å². The molecule has 0 spiro atoms. The van der Waals surface area contributed by atoms with Crippen molar-refractivity contribution in [1.29, 1.82) is 0 Å². The highest BCUT2D eigenvalue weighted by Crippen LogP contribution is 2.29. The molecule has 0 aliphatic carbocycles. The fourth-order valence-electron chi connectivity index (χ4n) is 4.28. The average molecular weight is 461 g/mol. The number of nitrogens with zero attached hydrogens (tertiary/aromatic N) is 6. The van der Waals surface area contributed by atoms with E-state index in [2.05, 4.69) is 31.7 Å². The second kappa shape index (κ2) is 9.21. The van der Waals surface area contributed by atoms with Gasteiger partial charge in [0.2, 0.25) is 10.0 Å². The Labute approximate surface area is 190 Å². The minimum absolute atomic E-state index is 0.351. The predicted molar refractivity (Wildman–Crippen MR) is 125 cm³/mol. The van der Waals surface area contributed by atoms with Crippen LogP contribution in [0.15, 0.2) is 29.4 Å². The van der Waals surface area contributed by atoms with Gasteiger partial charge in [0.25, 0.3) is 0 Å². The van der Waals surface area contributed by atoms with Crippen LogP contribution in [0.1, 0.15) is 11.1 Å². The molecule has 2 aromatic rings. The molecule has 0 amide bonds. The van der Waals surface area contributed by atoms with Crippen LogP contribution in [0.2, 0.25) is 0 Å². The third-order valence-corrected chi connectivity index (χ3v) is 8.38. The molecule has 0 unspecified atom stereocenters. The van der Waals surface area contributed by atoms with E-state index >= 15 is 0 Å². The molecule has 9 nitrogen and oxygen atoms in total. The molecule has 0 radical (unpaired) electrons. The van der Waals surface area contributed by atoms with E-state index in [0.717, 1.165) is 43.4 Å². The quantitative estimate of drug-likeness (QED) is 0.662. The van der Waals surface area contributed by atoms with E-state index in [4.69, 9.17) is 4.74 Å². The van der Waals surface area contributed by atoms with Crippen LogP contribution >= 0.6 is 0 Å². The standard InChI is InChI=1S/C22H32N6O3S/c1-17-14-20(18(2)13-19(17)31-4)32(29,30)28-11-9-27(10-12-28)22-15-21(23-16-24-22)26-7-5-25(3)6-8-26/h13-16H,5-12H2,1-4H3. The highest BCUT2D eigenvalue weighted by Gasteiger charge is 2.31. The van der Waals surface area contributed by atoms with Gasteiger partial charge in [-0.25, -0.2) is 18.4 Å². The van der Waals surface area contributed by atoms with E-state index in [-0.39, 0.29) is 0 Å². The Kier molecular flexibility index (Phi) is 6.55. The first kappa shape index (κ1) is 22.8. The monoisotopic (exact) mass is 460 g/mol. The lowest BCUT2D eigenvalue weighted by atomic mass is 10.1. The number of likely N-dealkylation sites (N-methyl/N-ethyl adjacent to an activating group) is 1. The first-order valence-electron chi connectivity index (χ1n) is 11.0. The zero-order chi connectivity index (χ0) is 22.9. The van der Waals surface area contributed by atoms with E-state index in [1.807, 2.05) is 19.9 Å². The molecule has 0 atom stereocenters. The van der Waals surface area contributed by atoms with Gasteiger partial charge >= 0.3 is 0 Å². The van der Waals surface area contributed by atoms with Gasteiger partial charge in [-0.05, 0) is 44.2 Å². The lowest BCUT2D eigenvalue weighted by Gasteiger charge is -2.36. The Hall–Kier alpha value is -2.43. The van der Waals surface area contributed by atoms with Crippen molar-refractivity contribution in [3.8, 4) is 5.75 Å². The Morgan fingerprint density at radius 2 is 1.38 bits per heavy atom. The Balaban J connectivity index is 1.45. The van der Waals surface area contributed by atoms with E-state index < -0.39 is 10.0 Å². The van der Waals surface area contributed by atoms with Gasteiger partial charge in [0.15, 0.2) is 0 Å². The number of rotatable bonds is 5. The number of hydrogen-bond acceptors (Lipinski definition) is 8. The molecule has 32 heavy (non-hydrogen) atoms. The van der Waals surface area contributed by atoms with E-state index in [1.54, 1.807) is 29.9 Å². The molecule has 2 aliphatic heterocycles. The molecular weight excluding hydrogens is 428 g/mol. The topological polar surface area (TPSA) is 82.1 Å². The smallest absolute Gasteiger partial charge is 0.243 e. The number of sulfonamides is 1. The van der Waals surface area contributed by atoms with E-state index in [9.17, 15) is 8.42 Å². The molecule has 1 aromatic carbocycles. The molecule has 174 valence electrons. The summed E-state index contributed by atoms with van der Waals surface area (Å²) >= 11 is 0. The third kappa shape index (κ3) is 4.53. The van der Waals surface area contributed by atoms with Crippen molar-refractivity contribution < 1.29 is 13.2 Å². The highest BCUT2D eigenvalue weighted by atomic mass is 32.2. The number of aryl methyl sites for hydroxylation is 2. The minimum Gasteiger partial charge on any atom is -0.496 e. The summed E-state index contributed by atoms with van der Waals surface area (Å²) in [6.45, 7) is 9.61. The van der Waals surface area contributed by atoms with Crippen molar-refractivity contribution in [2.24, 2.45) is 0 Å². The summed E-state index contributed by atoms with van der Waals surface area (Å²) in [4.78, 5) is 16.0. The van der Waals surface area contributed by atoms with Crippen molar-refractivity contribution in [2.75, 3.05) is 76.3 Å². The molecule has 3 heterocycles. The third-order valence-electron chi connectivity index (χ3n) is 6.34. The molecule has 0 N–H and O–H groups in total. The van der Waals surface area contributed by atoms with Gasteiger partial charge < -0.3 is 19.4 Å². The molecule has 1 aromatic heterocycles. The number of benzene rings is 1. The fourth-order valence-corrected chi connectivity index (χ4v) is 5.99. The number of ether oxygens (including phenoxy) is 1. The number of piperazine rings is 2. The Morgan fingerprint density at radius 1 is 0.812 bits per heavy atom. The summed E-state index contributed by atoms with van der Waals surface area (Å²) in [7, 11) is 0.154. The van der Waals surface area contributed by atoms with Crippen molar-refractivity contribution in [2.45, 2.75) is 18.7 Å². The van der Waals surface area contributed by atoms with Crippen molar-refractivity contribution in [3.05, 3.63) is 35.7 Å². The Morgan fingerprint density at radius 3 is 1.94 bits per heavy atom. The van der Waals surface area contributed by atoms with Crippen molar-refractivity contribution in [1.82, 2.24) is 19.2 Å². The van der Waals surface area contributed by atoms with Gasteiger partial charge in [-0.15, -0.1) is 0 Å². The number of aromatic nitrogens is 2. The molecule has 2 aliphatic rings. The Bertz CT molecular complexity index is 1060. The number of hydrogen-bond donors (Lipinski definition) is 0. The second-order valence-corrected chi connectivity index (χ2v) is 10.4. The van der Waals surface area contributed by atoms with Crippen LogP contribution in [0, 0.1) is 13.8 Å². The van der Waals surface area contributed by atoms with Crippen molar-refractivity contribution in [3.63, 3.8) is 0 Å². The zero-order valence-electron chi connectivity index (χ0n) is 19.3. The van der Waals surface area contributed by atoms with Crippen LogP contribution in [-0.4, -0.2) is 94.1 Å². The molecule has 2 saturated heterocycles. The second-order valence-electron chi connectivity index (χ2n) is 8.50. The summed E-state index contributed by atoms with van der Waals surface area (Å²) < 4.78 is 33.5. The average Bonchev–Trinajstić information content (AvgIpc) is 2.81. The van der Waals surface area contributed by atoms with Gasteiger partial charge in [-0.2, -0.15) is 4.31 Å².